The lowest BCUT2D eigenvalue weighted by Crippen LogP contribution is -2.41. The zero-order chi connectivity index (χ0) is 12.5. The van der Waals surface area contributed by atoms with Crippen LogP contribution < -0.4 is 10.2 Å². The maximum absolute atomic E-state index is 12.7. The maximum atomic E-state index is 12.7. The summed E-state index contributed by atoms with van der Waals surface area (Å²) in [6, 6.07) is 8.23. The van der Waals surface area contributed by atoms with Crippen molar-refractivity contribution < 1.29 is 4.79 Å². The van der Waals surface area contributed by atoms with E-state index in [0.29, 0.717) is 11.8 Å². The molecule has 0 aromatic heterocycles. The molecule has 1 saturated heterocycles. The number of carbonyl (C=O) groups is 1. The number of benzene rings is 1. The van der Waals surface area contributed by atoms with Crippen LogP contribution in [0.1, 0.15) is 6.92 Å². The normalized spacial score (nSPS) is 27.1. The van der Waals surface area contributed by atoms with Crippen molar-refractivity contribution in [2.24, 2.45) is 11.8 Å². The third-order valence-electron chi connectivity index (χ3n) is 3.83. The first-order valence-electron chi connectivity index (χ1n) is 6.51. The fourth-order valence-electron chi connectivity index (χ4n) is 2.74. The molecule has 0 spiro atoms. The maximum Gasteiger partial charge on any atom is 0.231 e. The monoisotopic (exact) mass is 262 g/mol. The van der Waals surface area contributed by atoms with E-state index in [0.717, 1.165) is 31.1 Å². The van der Waals surface area contributed by atoms with Gasteiger partial charge in [0.2, 0.25) is 5.91 Å². The van der Waals surface area contributed by atoms with Crippen molar-refractivity contribution in [1.29, 1.82) is 0 Å². The highest BCUT2D eigenvalue weighted by atomic mass is 32.2. The molecule has 1 N–H and O–H groups in total. The minimum atomic E-state index is 0.140. The van der Waals surface area contributed by atoms with Crippen molar-refractivity contribution >= 4 is 23.4 Å². The summed E-state index contributed by atoms with van der Waals surface area (Å²) < 4.78 is 0. The molecule has 96 valence electrons. The zero-order valence-electron chi connectivity index (χ0n) is 10.6. The number of thioether (sulfide) groups is 1. The van der Waals surface area contributed by atoms with Crippen molar-refractivity contribution in [3.8, 4) is 0 Å². The lowest BCUT2D eigenvalue weighted by molar-refractivity contribution is -0.122. The number of nitrogens with one attached hydrogen (secondary N) is 1. The number of amides is 1. The number of carbonyl (C=O) groups excluding carboxylic acids is 1. The van der Waals surface area contributed by atoms with Crippen LogP contribution in [-0.4, -0.2) is 31.3 Å². The molecule has 3 rings (SSSR count). The zero-order valence-corrected chi connectivity index (χ0v) is 11.4. The number of rotatable bonds is 1. The van der Waals surface area contributed by atoms with E-state index in [1.54, 1.807) is 0 Å². The van der Waals surface area contributed by atoms with E-state index in [4.69, 9.17) is 0 Å². The fourth-order valence-corrected chi connectivity index (χ4v) is 3.73. The largest absolute Gasteiger partial charge is 0.316 e. The predicted molar refractivity (Wildman–Crippen MR) is 75.0 cm³/mol. The van der Waals surface area contributed by atoms with E-state index >= 15 is 0 Å². The van der Waals surface area contributed by atoms with E-state index < -0.39 is 0 Å². The summed E-state index contributed by atoms with van der Waals surface area (Å²) in [4.78, 5) is 15.9. The van der Waals surface area contributed by atoms with Crippen molar-refractivity contribution in [3.05, 3.63) is 24.3 Å². The molecular formula is C14H18N2OS. The van der Waals surface area contributed by atoms with E-state index in [-0.39, 0.29) is 5.92 Å². The molecule has 1 amide bonds. The lowest BCUT2D eigenvalue weighted by atomic mass is 9.96. The second kappa shape index (κ2) is 4.94. The van der Waals surface area contributed by atoms with Gasteiger partial charge < -0.3 is 10.2 Å². The van der Waals surface area contributed by atoms with E-state index in [1.807, 2.05) is 28.8 Å². The molecule has 0 aliphatic carbocycles. The van der Waals surface area contributed by atoms with E-state index in [1.165, 1.54) is 4.90 Å². The number of fused-ring (bicyclic) bond motifs is 1. The van der Waals surface area contributed by atoms with Gasteiger partial charge in [-0.2, -0.15) is 0 Å². The van der Waals surface area contributed by atoms with Gasteiger partial charge in [-0.05, 0) is 24.6 Å². The van der Waals surface area contributed by atoms with Crippen LogP contribution in [0.4, 0.5) is 5.69 Å². The second-order valence-electron chi connectivity index (χ2n) is 5.05. The molecular weight excluding hydrogens is 244 g/mol. The molecule has 0 bridgehead atoms. The van der Waals surface area contributed by atoms with Crippen LogP contribution in [0.5, 0.6) is 0 Å². The van der Waals surface area contributed by atoms with Crippen LogP contribution in [0.15, 0.2) is 29.2 Å². The molecule has 1 aromatic carbocycles. The molecule has 2 atom stereocenters. The van der Waals surface area contributed by atoms with Crippen LogP contribution in [0.3, 0.4) is 0 Å². The molecule has 2 heterocycles. The molecule has 2 unspecified atom stereocenters. The second-order valence-corrected chi connectivity index (χ2v) is 6.18. The fraction of sp³-hybridized carbons (Fsp3) is 0.500. The van der Waals surface area contributed by atoms with Crippen LogP contribution in [-0.2, 0) is 4.79 Å². The summed E-state index contributed by atoms with van der Waals surface area (Å²) in [6.45, 7) is 4.78. The summed E-state index contributed by atoms with van der Waals surface area (Å²) in [7, 11) is 0. The highest BCUT2D eigenvalue weighted by molar-refractivity contribution is 7.99. The van der Waals surface area contributed by atoms with Gasteiger partial charge in [-0.1, -0.05) is 19.1 Å². The van der Waals surface area contributed by atoms with Crippen LogP contribution in [0.25, 0.3) is 0 Å². The van der Waals surface area contributed by atoms with Gasteiger partial charge in [0, 0.05) is 23.7 Å². The first-order valence-corrected chi connectivity index (χ1v) is 7.50. The Hall–Kier alpha value is -1.00. The molecule has 2 aliphatic rings. The molecule has 2 aliphatic heterocycles. The van der Waals surface area contributed by atoms with Gasteiger partial charge in [0.25, 0.3) is 0 Å². The van der Waals surface area contributed by atoms with Crippen LogP contribution in [0.2, 0.25) is 0 Å². The Morgan fingerprint density at radius 1 is 1.39 bits per heavy atom. The Kier molecular flexibility index (Phi) is 3.31. The SMILES string of the molecule is CC1CNCC1C(=O)N1CCSc2ccccc21. The van der Waals surface area contributed by atoms with Crippen molar-refractivity contribution in [1.82, 2.24) is 5.32 Å². The van der Waals surface area contributed by atoms with Gasteiger partial charge in [0.05, 0.1) is 11.6 Å². The number of para-hydroxylation sites is 1. The quantitative estimate of drug-likeness (QED) is 0.840. The number of hydrogen-bond acceptors (Lipinski definition) is 3. The van der Waals surface area contributed by atoms with Gasteiger partial charge >= 0.3 is 0 Å². The topological polar surface area (TPSA) is 32.3 Å². The molecule has 18 heavy (non-hydrogen) atoms. The highest BCUT2D eigenvalue weighted by Crippen LogP contribution is 2.35. The lowest BCUT2D eigenvalue weighted by Gasteiger charge is -2.31. The highest BCUT2D eigenvalue weighted by Gasteiger charge is 2.34. The van der Waals surface area contributed by atoms with Crippen molar-refractivity contribution in [3.63, 3.8) is 0 Å². The molecule has 1 aromatic rings. The van der Waals surface area contributed by atoms with Crippen LogP contribution >= 0.6 is 11.8 Å². The standard InChI is InChI=1S/C14H18N2OS/c1-10-8-15-9-11(10)14(17)16-6-7-18-13-5-3-2-4-12(13)16/h2-5,10-11,15H,6-9H2,1H3. The minimum absolute atomic E-state index is 0.140. The van der Waals surface area contributed by atoms with Gasteiger partial charge in [-0.25, -0.2) is 0 Å². The average Bonchev–Trinajstić information content (AvgIpc) is 2.83. The van der Waals surface area contributed by atoms with Crippen LogP contribution in [0, 0.1) is 11.8 Å². The van der Waals surface area contributed by atoms with Crippen molar-refractivity contribution in [2.75, 3.05) is 30.3 Å². The average molecular weight is 262 g/mol. The van der Waals surface area contributed by atoms with Gasteiger partial charge in [-0.3, -0.25) is 4.79 Å². The molecule has 0 saturated carbocycles. The van der Waals surface area contributed by atoms with Gasteiger partial charge in [-0.15, -0.1) is 11.8 Å². The Bertz CT molecular complexity index is 463. The Labute approximate surface area is 112 Å². The summed E-state index contributed by atoms with van der Waals surface area (Å²) in [6.07, 6.45) is 0. The third kappa shape index (κ3) is 2.04. The number of hydrogen-bond donors (Lipinski definition) is 1. The summed E-state index contributed by atoms with van der Waals surface area (Å²) in [5.74, 6) is 1.87. The summed E-state index contributed by atoms with van der Waals surface area (Å²) >= 11 is 1.84. The number of anilines is 1. The Morgan fingerprint density at radius 2 is 2.22 bits per heavy atom. The molecule has 4 heteroatoms. The van der Waals surface area contributed by atoms with Gasteiger partial charge in [0.1, 0.15) is 0 Å². The number of nitrogens with zero attached hydrogens (tertiary/aromatic N) is 1. The smallest absolute Gasteiger partial charge is 0.231 e. The van der Waals surface area contributed by atoms with E-state index in [9.17, 15) is 4.79 Å². The van der Waals surface area contributed by atoms with E-state index in [2.05, 4.69) is 24.4 Å². The minimum Gasteiger partial charge on any atom is -0.316 e. The third-order valence-corrected chi connectivity index (χ3v) is 4.87. The molecule has 3 nitrogen and oxygen atoms in total. The van der Waals surface area contributed by atoms with Crippen molar-refractivity contribution in [2.45, 2.75) is 11.8 Å². The predicted octanol–water partition coefficient (Wildman–Crippen LogP) is 1.98. The summed E-state index contributed by atoms with van der Waals surface area (Å²) in [5, 5.41) is 3.31. The molecule has 0 radical (unpaired) electrons. The Balaban J connectivity index is 1.87. The van der Waals surface area contributed by atoms with Gasteiger partial charge in [0.15, 0.2) is 0 Å². The summed E-state index contributed by atoms with van der Waals surface area (Å²) in [5.41, 5.74) is 1.10. The Morgan fingerprint density at radius 3 is 3.00 bits per heavy atom. The first-order chi connectivity index (χ1) is 8.77. The first kappa shape index (κ1) is 12.1. The molecule has 1 fully saturated rings.